The van der Waals surface area contributed by atoms with Gasteiger partial charge in [0.15, 0.2) is 17.3 Å². The number of hydrogen-bond donors (Lipinski definition) is 1. The molecule has 31 heavy (non-hydrogen) atoms. The van der Waals surface area contributed by atoms with Crippen LogP contribution >= 0.6 is 0 Å². The van der Waals surface area contributed by atoms with E-state index in [-0.39, 0.29) is 0 Å². The van der Waals surface area contributed by atoms with E-state index in [1.807, 2.05) is 24.4 Å². The minimum absolute atomic E-state index is 0.502. The molecule has 1 aliphatic rings. The van der Waals surface area contributed by atoms with Gasteiger partial charge in [-0.1, -0.05) is 6.07 Å². The van der Waals surface area contributed by atoms with E-state index in [2.05, 4.69) is 25.9 Å². The zero-order chi connectivity index (χ0) is 21.4. The molecular formula is C23H22N6O2. The second-order valence-corrected chi connectivity index (χ2v) is 7.30. The normalized spacial score (nSPS) is 13.2. The lowest BCUT2D eigenvalue weighted by atomic mass is 10.0. The van der Waals surface area contributed by atoms with E-state index in [1.54, 1.807) is 32.7 Å². The van der Waals surface area contributed by atoms with Gasteiger partial charge in [-0.15, -0.1) is 0 Å². The fraction of sp³-hybridized carbons (Fsp3) is 0.217. The van der Waals surface area contributed by atoms with Crippen LogP contribution in [0.2, 0.25) is 0 Å². The van der Waals surface area contributed by atoms with Crippen molar-refractivity contribution in [3.8, 4) is 22.9 Å². The number of anilines is 2. The van der Waals surface area contributed by atoms with Crippen LogP contribution < -0.4 is 20.1 Å². The van der Waals surface area contributed by atoms with Crippen LogP contribution in [0, 0.1) is 0 Å². The molecule has 3 aromatic heterocycles. The minimum atomic E-state index is 0.502. The topological polar surface area (TPSA) is 99.3 Å². The van der Waals surface area contributed by atoms with Crippen molar-refractivity contribution in [3.05, 3.63) is 60.2 Å². The average molecular weight is 414 g/mol. The van der Waals surface area contributed by atoms with Gasteiger partial charge in [0.25, 0.3) is 0 Å². The average Bonchev–Trinajstić information content (AvgIpc) is 2.82. The van der Waals surface area contributed by atoms with Crippen molar-refractivity contribution in [1.82, 2.24) is 19.9 Å². The summed E-state index contributed by atoms with van der Waals surface area (Å²) in [5.74, 6) is 2.39. The summed E-state index contributed by atoms with van der Waals surface area (Å²) >= 11 is 0. The summed E-state index contributed by atoms with van der Waals surface area (Å²) in [5, 5.41) is 0.742. The van der Waals surface area contributed by atoms with Gasteiger partial charge in [-0.05, 0) is 17.7 Å². The predicted molar refractivity (Wildman–Crippen MR) is 119 cm³/mol. The molecule has 0 bridgehead atoms. The van der Waals surface area contributed by atoms with Crippen molar-refractivity contribution in [2.24, 2.45) is 0 Å². The lowest BCUT2D eigenvalue weighted by Crippen LogP contribution is -2.31. The predicted octanol–water partition coefficient (Wildman–Crippen LogP) is 3.25. The quantitative estimate of drug-likeness (QED) is 0.543. The smallest absolute Gasteiger partial charge is 0.172 e. The Balaban J connectivity index is 1.69. The molecule has 4 aromatic rings. The molecule has 156 valence electrons. The molecule has 0 aliphatic carbocycles. The molecule has 2 N–H and O–H groups in total. The molecule has 0 unspecified atom stereocenters. The Hall–Kier alpha value is -3.94. The third-order valence-electron chi connectivity index (χ3n) is 5.53. The minimum Gasteiger partial charge on any atom is -0.493 e. The standard InChI is InChI=1S/C23H22N6O2/c1-30-18-12-17-20(21(22(18)31-2)23-26-8-4-9-27-23)15(24)11-19(28-17)29-10-6-16-14(13-29)5-3-7-25-16/h3-5,7-9,11-12H,6,10,13H2,1-2H3,(H2,24,28). The molecule has 0 amide bonds. The molecule has 0 radical (unpaired) electrons. The van der Waals surface area contributed by atoms with E-state index >= 15 is 0 Å². The summed E-state index contributed by atoms with van der Waals surface area (Å²) in [7, 11) is 3.19. The molecule has 0 fully saturated rings. The molecule has 0 saturated heterocycles. The number of pyridine rings is 2. The van der Waals surface area contributed by atoms with E-state index in [4.69, 9.17) is 20.2 Å². The number of fused-ring (bicyclic) bond motifs is 2. The van der Waals surface area contributed by atoms with Crippen molar-refractivity contribution in [1.29, 1.82) is 0 Å². The monoisotopic (exact) mass is 414 g/mol. The van der Waals surface area contributed by atoms with Crippen LogP contribution in [-0.4, -0.2) is 40.7 Å². The summed E-state index contributed by atoms with van der Waals surface area (Å²) in [6.07, 6.45) is 6.08. The van der Waals surface area contributed by atoms with Crippen LogP contribution in [0.5, 0.6) is 11.5 Å². The molecule has 8 nitrogen and oxygen atoms in total. The number of ether oxygens (including phenoxy) is 2. The van der Waals surface area contributed by atoms with Gasteiger partial charge in [0, 0.05) is 67.0 Å². The number of nitrogens with zero attached hydrogens (tertiary/aromatic N) is 5. The van der Waals surface area contributed by atoms with E-state index < -0.39 is 0 Å². The van der Waals surface area contributed by atoms with Crippen LogP contribution in [0.25, 0.3) is 22.3 Å². The van der Waals surface area contributed by atoms with Crippen LogP contribution in [0.3, 0.4) is 0 Å². The molecule has 8 heteroatoms. The SMILES string of the molecule is COc1cc2nc(N3CCc4ncccc4C3)cc(N)c2c(-c2ncccn2)c1OC. The summed E-state index contributed by atoms with van der Waals surface area (Å²) in [6, 6.07) is 9.59. The van der Waals surface area contributed by atoms with Crippen molar-refractivity contribution < 1.29 is 9.47 Å². The number of hydrogen-bond acceptors (Lipinski definition) is 8. The van der Waals surface area contributed by atoms with Crippen molar-refractivity contribution in [2.75, 3.05) is 31.4 Å². The summed E-state index contributed by atoms with van der Waals surface area (Å²) in [5.41, 5.74) is 10.9. The first-order valence-electron chi connectivity index (χ1n) is 10.00. The Labute approximate surface area is 179 Å². The molecule has 0 spiro atoms. The largest absolute Gasteiger partial charge is 0.493 e. The number of methoxy groups -OCH3 is 2. The van der Waals surface area contributed by atoms with Crippen LogP contribution in [0.15, 0.2) is 48.9 Å². The molecule has 1 aliphatic heterocycles. The highest BCUT2D eigenvalue weighted by molar-refractivity contribution is 6.06. The third kappa shape index (κ3) is 3.26. The van der Waals surface area contributed by atoms with Gasteiger partial charge in [-0.2, -0.15) is 0 Å². The van der Waals surface area contributed by atoms with Gasteiger partial charge >= 0.3 is 0 Å². The molecule has 1 aromatic carbocycles. The maximum atomic E-state index is 6.58. The van der Waals surface area contributed by atoms with Crippen molar-refractivity contribution >= 4 is 22.4 Å². The highest BCUT2D eigenvalue weighted by Gasteiger charge is 2.24. The number of rotatable bonds is 4. The fourth-order valence-electron chi connectivity index (χ4n) is 4.09. The summed E-state index contributed by atoms with van der Waals surface area (Å²) in [6.45, 7) is 1.56. The number of nitrogens with two attached hydrogens (primary N) is 1. The Bertz CT molecular complexity index is 1260. The fourth-order valence-corrected chi connectivity index (χ4v) is 4.09. The van der Waals surface area contributed by atoms with E-state index in [0.29, 0.717) is 34.1 Å². The second kappa shape index (κ2) is 7.71. The maximum absolute atomic E-state index is 6.58. The lowest BCUT2D eigenvalue weighted by Gasteiger charge is -2.29. The van der Waals surface area contributed by atoms with Crippen LogP contribution in [0.4, 0.5) is 11.5 Å². The number of nitrogen functional groups attached to an aromatic ring is 1. The zero-order valence-corrected chi connectivity index (χ0v) is 17.4. The first-order chi connectivity index (χ1) is 15.2. The highest BCUT2D eigenvalue weighted by Crippen LogP contribution is 2.45. The van der Waals surface area contributed by atoms with Crippen LogP contribution in [0.1, 0.15) is 11.3 Å². The van der Waals surface area contributed by atoms with Crippen LogP contribution in [-0.2, 0) is 13.0 Å². The molecule has 4 heterocycles. The van der Waals surface area contributed by atoms with E-state index in [9.17, 15) is 0 Å². The Morgan fingerprint density at radius 3 is 2.58 bits per heavy atom. The first-order valence-corrected chi connectivity index (χ1v) is 10.00. The van der Waals surface area contributed by atoms with Gasteiger partial charge in [0.05, 0.1) is 25.3 Å². The Kier molecular flexibility index (Phi) is 4.74. The van der Waals surface area contributed by atoms with E-state index in [1.165, 1.54) is 5.56 Å². The maximum Gasteiger partial charge on any atom is 0.172 e. The number of benzene rings is 1. The van der Waals surface area contributed by atoms with Gasteiger partial charge in [0.1, 0.15) is 5.82 Å². The van der Waals surface area contributed by atoms with Gasteiger partial charge < -0.3 is 20.1 Å². The highest BCUT2D eigenvalue weighted by atomic mass is 16.5. The molecular weight excluding hydrogens is 392 g/mol. The van der Waals surface area contributed by atoms with Gasteiger partial charge in [0.2, 0.25) is 0 Å². The summed E-state index contributed by atoms with van der Waals surface area (Å²) in [4.78, 5) is 20.5. The van der Waals surface area contributed by atoms with Crippen molar-refractivity contribution in [2.45, 2.75) is 13.0 Å². The lowest BCUT2D eigenvalue weighted by molar-refractivity contribution is 0.356. The van der Waals surface area contributed by atoms with Gasteiger partial charge in [-0.3, -0.25) is 4.98 Å². The van der Waals surface area contributed by atoms with E-state index in [0.717, 1.165) is 36.4 Å². The Morgan fingerprint density at radius 1 is 1.00 bits per heavy atom. The first kappa shape index (κ1) is 19.0. The van der Waals surface area contributed by atoms with Crippen molar-refractivity contribution in [3.63, 3.8) is 0 Å². The number of aromatic nitrogens is 4. The zero-order valence-electron chi connectivity index (χ0n) is 17.4. The molecule has 0 atom stereocenters. The second-order valence-electron chi connectivity index (χ2n) is 7.30. The Morgan fingerprint density at radius 2 is 1.81 bits per heavy atom. The third-order valence-corrected chi connectivity index (χ3v) is 5.53. The summed E-state index contributed by atoms with van der Waals surface area (Å²) < 4.78 is 11.3. The van der Waals surface area contributed by atoms with Gasteiger partial charge in [-0.25, -0.2) is 15.0 Å². The molecule has 0 saturated carbocycles. The molecule has 5 rings (SSSR count).